The predicted octanol–water partition coefficient (Wildman–Crippen LogP) is 2.91. The molecule has 3 amide bonds. The highest BCUT2D eigenvalue weighted by Gasteiger charge is 2.24. The van der Waals surface area contributed by atoms with E-state index in [1.165, 1.54) is 18.4 Å². The quantitative estimate of drug-likeness (QED) is 0.886. The van der Waals surface area contributed by atoms with Crippen LogP contribution in [0.1, 0.15) is 10.6 Å². The molecule has 0 aliphatic carbocycles. The Morgan fingerprint density at radius 3 is 2.78 bits per heavy atom. The summed E-state index contributed by atoms with van der Waals surface area (Å²) in [5, 5.41) is 5.92. The Hall–Kier alpha value is -2.61. The smallest absolute Gasteiger partial charge is 0.413 e. The lowest BCUT2D eigenvalue weighted by Crippen LogP contribution is -2.38. The van der Waals surface area contributed by atoms with Crippen LogP contribution in [0.15, 0.2) is 30.3 Å². The lowest BCUT2D eigenvalue weighted by molar-refractivity contribution is 0.187. The van der Waals surface area contributed by atoms with Crippen LogP contribution in [0.5, 0.6) is 0 Å². The first-order chi connectivity index (χ1) is 11.2. The largest absolute Gasteiger partial charge is 0.453 e. The molecule has 7 nitrogen and oxygen atoms in total. The van der Waals surface area contributed by atoms with Crippen molar-refractivity contribution in [2.24, 2.45) is 0 Å². The summed E-state index contributed by atoms with van der Waals surface area (Å²) < 4.78 is 4.55. The van der Waals surface area contributed by atoms with E-state index < -0.39 is 6.09 Å². The van der Waals surface area contributed by atoms with E-state index in [1.807, 2.05) is 30.3 Å². The Balaban J connectivity index is 1.65. The highest BCUT2D eigenvalue weighted by atomic mass is 32.1. The molecule has 0 spiro atoms. The second-order valence-corrected chi connectivity index (χ2v) is 6.06. The van der Waals surface area contributed by atoms with Crippen LogP contribution in [0.4, 0.5) is 20.4 Å². The van der Waals surface area contributed by atoms with Crippen LogP contribution in [0, 0.1) is 0 Å². The fourth-order valence-electron chi connectivity index (χ4n) is 2.28. The Labute approximate surface area is 137 Å². The molecule has 8 heteroatoms. The van der Waals surface area contributed by atoms with Gasteiger partial charge in [-0.2, -0.15) is 0 Å². The molecule has 2 heterocycles. The summed E-state index contributed by atoms with van der Waals surface area (Å²) in [6.07, 6.45) is 0.117. The number of urea groups is 1. The number of benzene rings is 1. The van der Waals surface area contributed by atoms with Crippen LogP contribution in [0.2, 0.25) is 0 Å². The molecule has 23 heavy (non-hydrogen) atoms. The van der Waals surface area contributed by atoms with Gasteiger partial charge in [-0.15, -0.1) is 0 Å². The maximum atomic E-state index is 12.3. The van der Waals surface area contributed by atoms with Crippen molar-refractivity contribution in [3.05, 3.63) is 40.9 Å². The van der Waals surface area contributed by atoms with Crippen molar-refractivity contribution in [1.29, 1.82) is 0 Å². The van der Waals surface area contributed by atoms with E-state index in [2.05, 4.69) is 20.4 Å². The van der Waals surface area contributed by atoms with Crippen molar-refractivity contribution in [1.82, 2.24) is 9.88 Å². The third kappa shape index (κ3) is 3.59. The van der Waals surface area contributed by atoms with Crippen LogP contribution in [-0.2, 0) is 17.7 Å². The molecule has 1 aliphatic rings. The third-order valence-corrected chi connectivity index (χ3v) is 4.44. The third-order valence-electron chi connectivity index (χ3n) is 3.44. The molecule has 1 aromatic carbocycles. The second-order valence-electron chi connectivity index (χ2n) is 4.97. The standard InChI is InChI=1S/C15H16N4O3S/c1-22-15(21)18-13-17-11-7-8-19(9-12(11)23-13)14(20)16-10-5-3-2-4-6-10/h2-6H,7-9H2,1H3,(H,16,20)(H,17,18,21). The van der Waals surface area contributed by atoms with E-state index in [9.17, 15) is 9.59 Å². The number of anilines is 2. The SMILES string of the molecule is COC(=O)Nc1nc2c(s1)CN(C(=O)Nc1ccccc1)CC2. The molecular formula is C15H16N4O3S. The first kappa shape index (κ1) is 15.3. The maximum absolute atomic E-state index is 12.3. The number of nitrogens with zero attached hydrogens (tertiary/aromatic N) is 2. The lowest BCUT2D eigenvalue weighted by Gasteiger charge is -2.26. The van der Waals surface area contributed by atoms with Gasteiger partial charge in [-0.3, -0.25) is 5.32 Å². The van der Waals surface area contributed by atoms with E-state index in [1.54, 1.807) is 4.90 Å². The van der Waals surface area contributed by atoms with E-state index in [0.29, 0.717) is 24.6 Å². The van der Waals surface area contributed by atoms with Gasteiger partial charge in [-0.1, -0.05) is 29.5 Å². The molecule has 0 fully saturated rings. The molecule has 0 atom stereocenters. The highest BCUT2D eigenvalue weighted by Crippen LogP contribution is 2.28. The molecule has 120 valence electrons. The number of ether oxygens (including phenoxy) is 1. The number of aromatic nitrogens is 1. The number of rotatable bonds is 2. The number of thiazole rings is 1. The topological polar surface area (TPSA) is 83.6 Å². The van der Waals surface area contributed by atoms with Crippen LogP contribution < -0.4 is 10.6 Å². The molecule has 0 bridgehead atoms. The second kappa shape index (κ2) is 6.66. The monoisotopic (exact) mass is 332 g/mol. The van der Waals surface area contributed by atoms with Gasteiger partial charge in [0.1, 0.15) is 0 Å². The fraction of sp³-hybridized carbons (Fsp3) is 0.267. The van der Waals surface area contributed by atoms with Gasteiger partial charge in [0, 0.05) is 23.5 Å². The first-order valence-electron chi connectivity index (χ1n) is 7.10. The molecule has 1 aliphatic heterocycles. The minimum absolute atomic E-state index is 0.141. The fourth-order valence-corrected chi connectivity index (χ4v) is 3.29. The Bertz CT molecular complexity index is 717. The molecule has 3 rings (SSSR count). The first-order valence-corrected chi connectivity index (χ1v) is 7.92. The molecule has 0 saturated carbocycles. The summed E-state index contributed by atoms with van der Waals surface area (Å²) in [7, 11) is 1.30. The molecule has 1 aromatic heterocycles. The normalized spacial score (nSPS) is 13.2. The number of methoxy groups -OCH3 is 1. The van der Waals surface area contributed by atoms with Crippen LogP contribution in [0.25, 0.3) is 0 Å². The van der Waals surface area contributed by atoms with Crippen molar-refractivity contribution < 1.29 is 14.3 Å². The van der Waals surface area contributed by atoms with Crippen LogP contribution >= 0.6 is 11.3 Å². The van der Waals surface area contributed by atoms with Gasteiger partial charge in [0.25, 0.3) is 0 Å². The number of hydrogen-bond donors (Lipinski definition) is 2. The van der Waals surface area contributed by atoms with Crippen molar-refractivity contribution >= 4 is 34.3 Å². The van der Waals surface area contributed by atoms with Crippen LogP contribution in [0.3, 0.4) is 0 Å². The summed E-state index contributed by atoms with van der Waals surface area (Å²) >= 11 is 1.36. The maximum Gasteiger partial charge on any atom is 0.413 e. The number of nitrogens with one attached hydrogen (secondary N) is 2. The van der Waals surface area contributed by atoms with Gasteiger partial charge in [0.05, 0.1) is 19.3 Å². The Kier molecular flexibility index (Phi) is 4.42. The number of para-hydroxylation sites is 1. The number of hydrogen-bond acceptors (Lipinski definition) is 5. The molecule has 2 aromatic rings. The van der Waals surface area contributed by atoms with E-state index in [-0.39, 0.29) is 6.03 Å². The summed E-state index contributed by atoms with van der Waals surface area (Å²) in [5.41, 5.74) is 1.69. The molecule has 0 unspecified atom stereocenters. The van der Waals surface area contributed by atoms with E-state index in [4.69, 9.17) is 0 Å². The minimum atomic E-state index is -0.547. The average molecular weight is 332 g/mol. The summed E-state index contributed by atoms with van der Waals surface area (Å²) in [5.74, 6) is 0. The number of amides is 3. The van der Waals surface area contributed by atoms with E-state index >= 15 is 0 Å². The zero-order chi connectivity index (χ0) is 16.2. The van der Waals surface area contributed by atoms with Crippen molar-refractivity contribution in [2.75, 3.05) is 24.3 Å². The average Bonchev–Trinajstić information content (AvgIpc) is 2.96. The van der Waals surface area contributed by atoms with Gasteiger partial charge in [-0.25, -0.2) is 14.6 Å². The van der Waals surface area contributed by atoms with Gasteiger partial charge < -0.3 is 15.0 Å². The van der Waals surface area contributed by atoms with Crippen molar-refractivity contribution in [2.45, 2.75) is 13.0 Å². The minimum Gasteiger partial charge on any atom is -0.453 e. The van der Waals surface area contributed by atoms with Crippen molar-refractivity contribution in [3.8, 4) is 0 Å². The molecule has 0 radical (unpaired) electrons. The van der Waals surface area contributed by atoms with Gasteiger partial charge in [-0.05, 0) is 12.1 Å². The van der Waals surface area contributed by atoms with Gasteiger partial charge >= 0.3 is 12.1 Å². The molecular weight excluding hydrogens is 316 g/mol. The molecule has 2 N–H and O–H groups in total. The number of fused-ring (bicyclic) bond motifs is 1. The number of carbonyl (C=O) groups excluding carboxylic acids is 2. The Morgan fingerprint density at radius 1 is 1.26 bits per heavy atom. The highest BCUT2D eigenvalue weighted by molar-refractivity contribution is 7.15. The lowest BCUT2D eigenvalue weighted by atomic mass is 10.2. The predicted molar refractivity (Wildman–Crippen MR) is 87.7 cm³/mol. The molecule has 0 saturated heterocycles. The summed E-state index contributed by atoms with van der Waals surface area (Å²) in [6, 6.07) is 9.19. The van der Waals surface area contributed by atoms with Crippen molar-refractivity contribution in [3.63, 3.8) is 0 Å². The van der Waals surface area contributed by atoms with E-state index in [0.717, 1.165) is 16.3 Å². The van der Waals surface area contributed by atoms with Gasteiger partial charge in [0.15, 0.2) is 5.13 Å². The zero-order valence-corrected chi connectivity index (χ0v) is 13.4. The zero-order valence-electron chi connectivity index (χ0n) is 12.5. The Morgan fingerprint density at radius 2 is 2.04 bits per heavy atom. The summed E-state index contributed by atoms with van der Waals surface area (Å²) in [6.45, 7) is 1.07. The van der Waals surface area contributed by atoms with Gasteiger partial charge in [0.2, 0.25) is 0 Å². The summed E-state index contributed by atoms with van der Waals surface area (Å²) in [4.78, 5) is 30.6. The number of carbonyl (C=O) groups is 2. The van der Waals surface area contributed by atoms with Crippen LogP contribution in [-0.4, -0.2) is 35.7 Å².